The molecule has 5 heteroatoms. The molecule has 0 aromatic heterocycles. The highest BCUT2D eigenvalue weighted by Gasteiger charge is 2.34. The first-order chi connectivity index (χ1) is 10.6. The number of methoxy groups -OCH3 is 1. The molecule has 1 N–H and O–H groups in total. The highest BCUT2D eigenvalue weighted by Crippen LogP contribution is 2.35. The van der Waals surface area contributed by atoms with Gasteiger partial charge in [0.05, 0.1) is 0 Å². The quantitative estimate of drug-likeness (QED) is 0.777. The molecule has 2 rings (SSSR count). The zero-order valence-corrected chi connectivity index (χ0v) is 13.9. The average molecular weight is 330 g/mol. The van der Waals surface area contributed by atoms with E-state index in [1.165, 1.54) is 12.1 Å². The summed E-state index contributed by atoms with van der Waals surface area (Å²) in [6.45, 7) is 3.46. The minimum Gasteiger partial charge on any atom is -0.396 e. The number of aliphatic hydroxyl groups is 1. The largest absolute Gasteiger partial charge is 0.396 e. The summed E-state index contributed by atoms with van der Waals surface area (Å²) < 4.78 is 18.3. The Morgan fingerprint density at radius 3 is 2.95 bits per heavy atom. The molecule has 3 nitrogen and oxygen atoms in total. The van der Waals surface area contributed by atoms with Crippen LogP contribution >= 0.6 is 11.6 Å². The van der Waals surface area contributed by atoms with Crippen LogP contribution in [-0.4, -0.2) is 43.4 Å². The van der Waals surface area contributed by atoms with E-state index in [9.17, 15) is 9.50 Å². The van der Waals surface area contributed by atoms with E-state index in [0.29, 0.717) is 11.6 Å². The summed E-state index contributed by atoms with van der Waals surface area (Å²) in [7, 11) is 1.70. The molecule has 22 heavy (non-hydrogen) atoms. The molecule has 0 saturated carbocycles. The average Bonchev–Trinajstić information content (AvgIpc) is 2.51. The molecule has 1 aromatic carbocycles. The molecule has 0 spiro atoms. The Bertz CT molecular complexity index is 486. The Balaban J connectivity index is 1.99. The first kappa shape index (κ1) is 17.7. The van der Waals surface area contributed by atoms with E-state index in [-0.39, 0.29) is 17.8 Å². The van der Waals surface area contributed by atoms with Gasteiger partial charge in [-0.3, -0.25) is 4.90 Å². The molecule has 0 amide bonds. The first-order valence-electron chi connectivity index (χ1n) is 7.85. The molecule has 1 saturated heterocycles. The lowest BCUT2D eigenvalue weighted by Gasteiger charge is -2.42. The van der Waals surface area contributed by atoms with Crippen LogP contribution in [-0.2, 0) is 11.3 Å². The number of piperidine rings is 1. The van der Waals surface area contributed by atoms with E-state index < -0.39 is 0 Å². The number of aliphatic hydroxyl groups excluding tert-OH is 1. The second kappa shape index (κ2) is 8.25. The Morgan fingerprint density at radius 1 is 1.45 bits per heavy atom. The Labute approximate surface area is 137 Å². The van der Waals surface area contributed by atoms with Crippen LogP contribution < -0.4 is 0 Å². The summed E-state index contributed by atoms with van der Waals surface area (Å²) in [5, 5.41) is 10.3. The van der Waals surface area contributed by atoms with Crippen molar-refractivity contribution in [3.8, 4) is 0 Å². The third kappa shape index (κ3) is 4.66. The van der Waals surface area contributed by atoms with Gasteiger partial charge >= 0.3 is 0 Å². The maximum atomic E-state index is 13.1. The molecule has 1 heterocycles. The van der Waals surface area contributed by atoms with Gasteiger partial charge in [-0.2, -0.15) is 0 Å². The second-order valence-electron chi connectivity index (χ2n) is 6.30. The van der Waals surface area contributed by atoms with E-state index in [0.717, 1.165) is 50.9 Å². The van der Waals surface area contributed by atoms with E-state index in [2.05, 4.69) is 4.90 Å². The molecular weight excluding hydrogens is 305 g/mol. The fourth-order valence-corrected chi connectivity index (χ4v) is 3.57. The molecule has 1 fully saturated rings. The third-order valence-corrected chi connectivity index (χ3v) is 4.89. The minimum atomic E-state index is -0.309. The molecule has 0 radical (unpaired) electrons. The Hall–Kier alpha value is -0.680. The van der Waals surface area contributed by atoms with Gasteiger partial charge in [-0.15, -0.1) is 0 Å². The van der Waals surface area contributed by atoms with Crippen LogP contribution in [0.25, 0.3) is 0 Å². The van der Waals surface area contributed by atoms with Crippen LogP contribution in [0.3, 0.4) is 0 Å². The van der Waals surface area contributed by atoms with Crippen LogP contribution in [0.2, 0.25) is 5.02 Å². The summed E-state index contributed by atoms with van der Waals surface area (Å²) >= 11 is 6.12. The van der Waals surface area contributed by atoms with Crippen LogP contribution in [0.4, 0.5) is 4.39 Å². The predicted octanol–water partition coefficient (Wildman–Crippen LogP) is 3.48. The smallest absolute Gasteiger partial charge is 0.124 e. The highest BCUT2D eigenvalue weighted by molar-refractivity contribution is 6.31. The van der Waals surface area contributed by atoms with E-state index in [4.69, 9.17) is 16.3 Å². The van der Waals surface area contributed by atoms with Crippen molar-refractivity contribution in [2.24, 2.45) is 5.41 Å². The van der Waals surface area contributed by atoms with Crippen molar-refractivity contribution in [1.82, 2.24) is 4.90 Å². The number of benzene rings is 1. The third-order valence-electron chi connectivity index (χ3n) is 4.54. The number of ether oxygens (including phenoxy) is 1. The number of likely N-dealkylation sites (tertiary alicyclic amines) is 1. The molecule has 1 atom stereocenters. The van der Waals surface area contributed by atoms with Gasteiger partial charge in [0.25, 0.3) is 0 Å². The lowest BCUT2D eigenvalue weighted by atomic mass is 9.77. The van der Waals surface area contributed by atoms with E-state index in [1.807, 2.05) is 0 Å². The number of nitrogens with zero attached hydrogens (tertiary/aromatic N) is 1. The van der Waals surface area contributed by atoms with Crippen molar-refractivity contribution in [2.45, 2.75) is 32.2 Å². The van der Waals surface area contributed by atoms with Crippen molar-refractivity contribution in [3.63, 3.8) is 0 Å². The highest BCUT2D eigenvalue weighted by atomic mass is 35.5. The first-order valence-corrected chi connectivity index (χ1v) is 8.22. The van der Waals surface area contributed by atoms with Crippen LogP contribution in [0.5, 0.6) is 0 Å². The summed E-state index contributed by atoms with van der Waals surface area (Å²) in [4.78, 5) is 2.31. The molecule has 1 aliphatic heterocycles. The molecule has 0 bridgehead atoms. The number of rotatable bonds is 7. The number of hydrogen-bond donors (Lipinski definition) is 1. The normalized spacial score (nSPS) is 22.9. The van der Waals surface area contributed by atoms with Crippen LogP contribution in [0, 0.1) is 11.2 Å². The van der Waals surface area contributed by atoms with Gasteiger partial charge in [-0.1, -0.05) is 17.7 Å². The number of halogens is 2. The van der Waals surface area contributed by atoms with Crippen molar-refractivity contribution in [2.75, 3.05) is 33.4 Å². The van der Waals surface area contributed by atoms with Gasteiger partial charge in [0.15, 0.2) is 0 Å². The maximum absolute atomic E-state index is 13.1. The standard InChI is InChI=1S/C17H25ClFNO2/c1-22-9-3-7-17(13-21)6-2-8-20(12-17)11-14-4-5-15(19)10-16(14)18/h4-5,10,21H,2-3,6-9,11-13H2,1H3/t17-/m1/s1. The van der Waals surface area contributed by atoms with Gasteiger partial charge in [0.2, 0.25) is 0 Å². The molecule has 124 valence electrons. The molecule has 0 aliphatic carbocycles. The fraction of sp³-hybridized carbons (Fsp3) is 0.647. The van der Waals surface area contributed by atoms with Gasteiger partial charge in [0, 0.05) is 43.9 Å². The molecule has 1 aliphatic rings. The SMILES string of the molecule is COCCC[C@]1(CO)CCCN(Cc2ccc(F)cc2Cl)C1. The lowest BCUT2D eigenvalue weighted by Crippen LogP contribution is -2.45. The molecule has 0 unspecified atom stereocenters. The predicted molar refractivity (Wildman–Crippen MR) is 86.5 cm³/mol. The monoisotopic (exact) mass is 329 g/mol. The van der Waals surface area contributed by atoms with Gasteiger partial charge < -0.3 is 9.84 Å². The maximum Gasteiger partial charge on any atom is 0.124 e. The van der Waals surface area contributed by atoms with Crippen molar-refractivity contribution >= 4 is 11.6 Å². The molecular formula is C17H25ClFNO2. The summed E-state index contributed by atoms with van der Waals surface area (Å²) in [5.41, 5.74) is 0.886. The summed E-state index contributed by atoms with van der Waals surface area (Å²) in [6, 6.07) is 4.56. The lowest BCUT2D eigenvalue weighted by molar-refractivity contribution is 0.0158. The molecule has 1 aromatic rings. The van der Waals surface area contributed by atoms with E-state index in [1.54, 1.807) is 13.2 Å². The zero-order valence-electron chi connectivity index (χ0n) is 13.2. The Morgan fingerprint density at radius 2 is 2.27 bits per heavy atom. The number of hydrogen-bond acceptors (Lipinski definition) is 3. The van der Waals surface area contributed by atoms with Crippen molar-refractivity contribution < 1.29 is 14.2 Å². The van der Waals surface area contributed by atoms with Crippen LogP contribution in [0.15, 0.2) is 18.2 Å². The van der Waals surface area contributed by atoms with Crippen LogP contribution in [0.1, 0.15) is 31.2 Å². The van der Waals surface area contributed by atoms with Crippen molar-refractivity contribution in [3.05, 3.63) is 34.6 Å². The van der Waals surface area contributed by atoms with Crippen molar-refractivity contribution in [1.29, 1.82) is 0 Å². The minimum absolute atomic E-state index is 0.0523. The summed E-state index contributed by atoms with van der Waals surface area (Å²) in [5.74, 6) is -0.309. The topological polar surface area (TPSA) is 32.7 Å². The fourth-order valence-electron chi connectivity index (χ4n) is 3.34. The second-order valence-corrected chi connectivity index (χ2v) is 6.71. The summed E-state index contributed by atoms with van der Waals surface area (Å²) in [6.07, 6.45) is 4.03. The van der Waals surface area contributed by atoms with Gasteiger partial charge in [-0.25, -0.2) is 4.39 Å². The van der Waals surface area contributed by atoms with Gasteiger partial charge in [0.1, 0.15) is 5.82 Å². The zero-order chi connectivity index (χ0) is 16.0. The van der Waals surface area contributed by atoms with Gasteiger partial charge in [-0.05, 0) is 49.9 Å². The van der Waals surface area contributed by atoms with E-state index >= 15 is 0 Å². The Kier molecular flexibility index (Phi) is 6.63.